The summed E-state index contributed by atoms with van der Waals surface area (Å²) in [5, 5.41) is 9.80. The highest BCUT2D eigenvalue weighted by molar-refractivity contribution is 5.97. The Hall–Kier alpha value is -2.89. The Morgan fingerprint density at radius 1 is 1.22 bits per heavy atom. The van der Waals surface area contributed by atoms with Gasteiger partial charge in [0.25, 0.3) is 0 Å². The number of hydrogen-bond acceptors (Lipinski definition) is 5. The number of halogens is 2. The van der Waals surface area contributed by atoms with Gasteiger partial charge in [-0.2, -0.15) is 5.26 Å². The van der Waals surface area contributed by atoms with E-state index >= 15 is 0 Å². The maximum Gasteiger partial charge on any atom is 0.586 e. The predicted molar refractivity (Wildman–Crippen MR) is 86.6 cm³/mol. The number of ether oxygens (including phenoxy) is 2. The van der Waals surface area contributed by atoms with Gasteiger partial charge in [0.15, 0.2) is 11.5 Å². The summed E-state index contributed by atoms with van der Waals surface area (Å²) in [4.78, 5) is 28.4. The van der Waals surface area contributed by atoms with E-state index in [9.17, 15) is 23.6 Å². The van der Waals surface area contributed by atoms with Crippen LogP contribution in [0.3, 0.4) is 0 Å². The van der Waals surface area contributed by atoms with Crippen molar-refractivity contribution in [2.24, 2.45) is 5.41 Å². The normalized spacial score (nSPS) is 33.9. The molecule has 1 aromatic rings. The molecule has 3 aliphatic rings. The molecule has 0 aliphatic carbocycles. The first-order valence-corrected chi connectivity index (χ1v) is 8.48. The molecule has 142 valence electrons. The first-order valence-electron chi connectivity index (χ1n) is 8.48. The van der Waals surface area contributed by atoms with Crippen LogP contribution in [-0.2, 0) is 9.59 Å². The topological polar surface area (TPSA) is 82.9 Å². The summed E-state index contributed by atoms with van der Waals surface area (Å²) < 4.78 is 35.6. The number of hydrogen-bond donors (Lipinski definition) is 0. The number of alkyl halides is 2. The summed E-state index contributed by atoms with van der Waals surface area (Å²) in [5.41, 5.74) is -0.614. The van der Waals surface area contributed by atoms with Crippen LogP contribution >= 0.6 is 0 Å². The first-order chi connectivity index (χ1) is 12.6. The van der Waals surface area contributed by atoms with Gasteiger partial charge in [0.05, 0.1) is 17.5 Å². The highest BCUT2D eigenvalue weighted by Crippen LogP contribution is 2.53. The molecule has 0 bridgehead atoms. The molecule has 0 N–H and O–H groups in total. The average molecular weight is 377 g/mol. The van der Waals surface area contributed by atoms with Crippen LogP contribution in [0.4, 0.5) is 8.78 Å². The lowest BCUT2D eigenvalue weighted by Gasteiger charge is -2.42. The van der Waals surface area contributed by atoms with Crippen molar-refractivity contribution in [2.45, 2.75) is 44.7 Å². The molecular weight excluding hydrogens is 360 g/mol. The van der Waals surface area contributed by atoms with Gasteiger partial charge in [-0.15, -0.1) is 8.78 Å². The molecule has 27 heavy (non-hydrogen) atoms. The summed E-state index contributed by atoms with van der Waals surface area (Å²) in [6.07, 6.45) is -3.59. The van der Waals surface area contributed by atoms with E-state index in [2.05, 4.69) is 15.5 Å². The Kier molecular flexibility index (Phi) is 3.45. The molecule has 2 saturated heterocycles. The minimum atomic E-state index is -3.76. The van der Waals surface area contributed by atoms with E-state index in [1.54, 1.807) is 20.9 Å². The van der Waals surface area contributed by atoms with Crippen LogP contribution in [0.25, 0.3) is 0 Å². The summed E-state index contributed by atoms with van der Waals surface area (Å²) in [5.74, 6) is -0.805. The summed E-state index contributed by atoms with van der Waals surface area (Å²) in [6.45, 7) is 3.29. The quantitative estimate of drug-likeness (QED) is 0.748. The fourth-order valence-corrected chi connectivity index (χ4v) is 4.16. The van der Waals surface area contributed by atoms with E-state index in [0.29, 0.717) is 5.56 Å². The largest absolute Gasteiger partial charge is 0.586 e. The van der Waals surface area contributed by atoms with Gasteiger partial charge in [0, 0.05) is 7.05 Å². The van der Waals surface area contributed by atoms with Crippen molar-refractivity contribution in [1.82, 2.24) is 9.80 Å². The maximum absolute atomic E-state index is 13.3. The minimum Gasteiger partial charge on any atom is -0.395 e. The van der Waals surface area contributed by atoms with Gasteiger partial charge in [-0.3, -0.25) is 9.59 Å². The number of rotatable bonds is 1. The van der Waals surface area contributed by atoms with Crippen LogP contribution in [0.5, 0.6) is 11.5 Å². The number of benzene rings is 1. The van der Waals surface area contributed by atoms with E-state index in [1.165, 1.54) is 28.0 Å². The number of piperazine rings is 1. The van der Waals surface area contributed by atoms with Crippen LogP contribution in [0.15, 0.2) is 18.2 Å². The number of likely N-dealkylation sites (N-methyl/N-ethyl adjacent to an activating group) is 1. The second-order valence-corrected chi connectivity index (χ2v) is 7.40. The molecule has 4 rings (SSSR count). The fraction of sp³-hybridized carbons (Fsp3) is 0.500. The molecule has 0 radical (unpaired) electrons. The molecular formula is C18H17F2N3O4. The molecule has 9 heteroatoms. The van der Waals surface area contributed by atoms with Gasteiger partial charge in [-0.1, -0.05) is 6.07 Å². The van der Waals surface area contributed by atoms with Gasteiger partial charge in [0.2, 0.25) is 11.8 Å². The third kappa shape index (κ3) is 2.36. The number of carbonyl (C=O) groups excluding carboxylic acids is 2. The van der Waals surface area contributed by atoms with E-state index in [1.807, 2.05) is 0 Å². The van der Waals surface area contributed by atoms with Gasteiger partial charge in [-0.05, 0) is 38.0 Å². The van der Waals surface area contributed by atoms with Crippen molar-refractivity contribution in [3.8, 4) is 17.6 Å². The van der Waals surface area contributed by atoms with Gasteiger partial charge in [-0.25, -0.2) is 0 Å². The molecule has 4 atom stereocenters. The Morgan fingerprint density at radius 2 is 1.89 bits per heavy atom. The molecule has 3 aliphatic heterocycles. The fourth-order valence-electron chi connectivity index (χ4n) is 4.16. The highest BCUT2D eigenvalue weighted by atomic mass is 19.3. The van der Waals surface area contributed by atoms with Gasteiger partial charge >= 0.3 is 6.29 Å². The molecule has 3 heterocycles. The molecule has 1 unspecified atom stereocenters. The summed E-state index contributed by atoms with van der Waals surface area (Å²) in [6, 6.07) is 4.21. The third-order valence-corrected chi connectivity index (χ3v) is 5.66. The lowest BCUT2D eigenvalue weighted by atomic mass is 9.79. The first kappa shape index (κ1) is 17.5. The minimum absolute atomic E-state index is 0.119. The Balaban J connectivity index is 1.81. The Morgan fingerprint density at radius 3 is 2.56 bits per heavy atom. The van der Waals surface area contributed by atoms with Crippen LogP contribution in [-0.4, -0.2) is 47.0 Å². The molecule has 2 amide bonds. The van der Waals surface area contributed by atoms with Crippen molar-refractivity contribution in [3.05, 3.63) is 23.8 Å². The lowest BCUT2D eigenvalue weighted by molar-refractivity contribution is -0.286. The van der Waals surface area contributed by atoms with Gasteiger partial charge < -0.3 is 19.3 Å². The molecule has 0 saturated carbocycles. The predicted octanol–water partition coefficient (Wildman–Crippen LogP) is 2.04. The zero-order valence-corrected chi connectivity index (χ0v) is 14.9. The molecule has 2 fully saturated rings. The maximum atomic E-state index is 13.3. The van der Waals surface area contributed by atoms with Crippen molar-refractivity contribution in [2.75, 3.05) is 7.05 Å². The number of nitriles is 1. The summed E-state index contributed by atoms with van der Waals surface area (Å²) >= 11 is 0. The zero-order valence-electron chi connectivity index (χ0n) is 14.9. The monoisotopic (exact) mass is 377 g/mol. The van der Waals surface area contributed by atoms with Crippen molar-refractivity contribution in [1.29, 1.82) is 5.26 Å². The Labute approximate surface area is 154 Å². The van der Waals surface area contributed by atoms with Gasteiger partial charge in [0.1, 0.15) is 12.1 Å². The number of amides is 2. The SMILES string of the molecule is C[C@@H]1C(=O)N2C(c3ccc4c(c3)OC(F)(F)O4)[C@@](C)(C#N)C[C@H]2C(=O)N1C. The molecule has 7 nitrogen and oxygen atoms in total. The highest BCUT2D eigenvalue weighted by Gasteiger charge is 2.59. The molecule has 1 aromatic carbocycles. The average Bonchev–Trinajstić information content (AvgIpc) is 3.10. The standard InChI is InChI=1S/C18H17F2N3O4/c1-9-15(24)23-11(16(25)22(9)3)7-17(2,8-21)14(23)10-4-5-12-13(6-10)27-18(19,20)26-12/h4-6,9,11,14H,7H2,1-3H3/t9-,11+,14?,17-/m1/s1. The third-order valence-electron chi connectivity index (χ3n) is 5.66. The van der Waals surface area contributed by atoms with Crippen LogP contribution in [0.1, 0.15) is 31.9 Å². The zero-order chi connectivity index (χ0) is 19.7. The second kappa shape index (κ2) is 5.31. The van der Waals surface area contributed by atoms with Crippen molar-refractivity contribution >= 4 is 11.8 Å². The number of carbonyl (C=O) groups is 2. The van der Waals surface area contributed by atoms with Crippen LogP contribution in [0, 0.1) is 16.7 Å². The van der Waals surface area contributed by atoms with E-state index in [4.69, 9.17) is 0 Å². The van der Waals surface area contributed by atoms with Crippen LogP contribution < -0.4 is 9.47 Å². The second-order valence-electron chi connectivity index (χ2n) is 7.40. The van der Waals surface area contributed by atoms with Crippen LogP contribution in [0.2, 0.25) is 0 Å². The smallest absolute Gasteiger partial charge is 0.395 e. The molecule has 0 aromatic heterocycles. The van der Waals surface area contributed by atoms with E-state index < -0.39 is 29.8 Å². The molecule has 0 spiro atoms. The Bertz CT molecular complexity index is 899. The van der Waals surface area contributed by atoms with E-state index in [0.717, 1.165) is 0 Å². The van der Waals surface area contributed by atoms with Crippen molar-refractivity contribution in [3.63, 3.8) is 0 Å². The van der Waals surface area contributed by atoms with E-state index in [-0.39, 0.29) is 29.7 Å². The summed E-state index contributed by atoms with van der Waals surface area (Å²) in [7, 11) is 1.56. The number of fused-ring (bicyclic) bond motifs is 2. The number of nitrogens with zero attached hydrogens (tertiary/aromatic N) is 3. The van der Waals surface area contributed by atoms with Crippen molar-refractivity contribution < 1.29 is 27.8 Å². The lowest BCUT2D eigenvalue weighted by Crippen LogP contribution is -2.60.